The Balaban J connectivity index is 1.83. The standard InChI is InChI=1S/C25H30F3N5O3/c1-14-30-22(29-13-17-8-5-9-18(20(17)26)21(27)28)19-12-16(24(35)32-23(19)31-14)7-4-6-15(10-11-34)25(36)33(2)3/h5,8-9,12,15,21,34H,4,6-7,10-11,13H2,1-3H3,(H2,29,30,31,32,35)/t15-/m1/s1. The van der Waals surface area contributed by atoms with Crippen molar-refractivity contribution in [1.82, 2.24) is 19.9 Å². The first-order valence-electron chi connectivity index (χ1n) is 11.6. The van der Waals surface area contributed by atoms with Crippen LogP contribution in [0.3, 0.4) is 0 Å². The molecule has 3 rings (SSSR count). The van der Waals surface area contributed by atoms with Crippen LogP contribution < -0.4 is 10.9 Å². The number of amides is 1. The topological polar surface area (TPSA) is 111 Å². The number of H-pyrrole nitrogens is 1. The fraction of sp³-hybridized carbons (Fsp3) is 0.440. The molecule has 11 heteroatoms. The Labute approximate surface area is 206 Å². The molecule has 194 valence electrons. The zero-order valence-electron chi connectivity index (χ0n) is 20.4. The molecule has 0 bridgehead atoms. The van der Waals surface area contributed by atoms with Crippen molar-refractivity contribution < 1.29 is 23.1 Å². The van der Waals surface area contributed by atoms with Crippen molar-refractivity contribution in [3.05, 3.63) is 63.0 Å². The molecule has 0 aliphatic rings. The Bertz CT molecular complexity index is 1280. The minimum Gasteiger partial charge on any atom is -0.396 e. The maximum Gasteiger partial charge on any atom is 0.266 e. The number of rotatable bonds is 11. The van der Waals surface area contributed by atoms with E-state index in [0.29, 0.717) is 53.9 Å². The number of carbonyl (C=O) groups is 1. The fourth-order valence-corrected chi connectivity index (χ4v) is 4.10. The lowest BCUT2D eigenvalue weighted by Crippen LogP contribution is -2.30. The molecule has 0 radical (unpaired) electrons. The molecular formula is C25H30F3N5O3. The zero-order valence-corrected chi connectivity index (χ0v) is 20.4. The van der Waals surface area contributed by atoms with Gasteiger partial charge in [-0.25, -0.2) is 23.1 Å². The van der Waals surface area contributed by atoms with Crippen LogP contribution in [0.4, 0.5) is 19.0 Å². The summed E-state index contributed by atoms with van der Waals surface area (Å²) in [5.41, 5.74) is -0.176. The van der Waals surface area contributed by atoms with Crippen molar-refractivity contribution in [3.63, 3.8) is 0 Å². The van der Waals surface area contributed by atoms with Crippen LogP contribution in [0.15, 0.2) is 29.1 Å². The molecule has 3 N–H and O–H groups in total. The Hall–Kier alpha value is -3.47. The van der Waals surface area contributed by atoms with E-state index in [0.717, 1.165) is 6.07 Å². The van der Waals surface area contributed by atoms with E-state index in [4.69, 9.17) is 0 Å². The number of aromatic nitrogens is 3. The van der Waals surface area contributed by atoms with Gasteiger partial charge in [0.2, 0.25) is 5.91 Å². The van der Waals surface area contributed by atoms with Gasteiger partial charge < -0.3 is 20.3 Å². The Kier molecular flexibility index (Phi) is 9.03. The highest BCUT2D eigenvalue weighted by Crippen LogP contribution is 2.26. The van der Waals surface area contributed by atoms with Crippen molar-refractivity contribution >= 4 is 22.8 Å². The van der Waals surface area contributed by atoms with E-state index in [1.165, 1.54) is 17.0 Å². The number of anilines is 1. The molecule has 8 nitrogen and oxygen atoms in total. The zero-order chi connectivity index (χ0) is 26.4. The van der Waals surface area contributed by atoms with Crippen LogP contribution in [0.2, 0.25) is 0 Å². The number of pyridine rings is 1. The van der Waals surface area contributed by atoms with E-state index in [1.54, 1.807) is 27.1 Å². The Morgan fingerprint density at radius 1 is 1.19 bits per heavy atom. The van der Waals surface area contributed by atoms with Gasteiger partial charge in [-0.3, -0.25) is 9.59 Å². The first kappa shape index (κ1) is 27.1. The van der Waals surface area contributed by atoms with Crippen molar-refractivity contribution in [2.45, 2.75) is 45.6 Å². The van der Waals surface area contributed by atoms with E-state index in [1.807, 2.05) is 0 Å². The highest BCUT2D eigenvalue weighted by atomic mass is 19.3. The molecule has 0 aliphatic heterocycles. The largest absolute Gasteiger partial charge is 0.396 e. The van der Waals surface area contributed by atoms with Crippen LogP contribution in [-0.4, -0.2) is 51.6 Å². The number of nitrogens with zero attached hydrogens (tertiary/aromatic N) is 3. The Morgan fingerprint density at radius 3 is 2.61 bits per heavy atom. The van der Waals surface area contributed by atoms with E-state index < -0.39 is 17.8 Å². The number of halogens is 3. The molecule has 36 heavy (non-hydrogen) atoms. The van der Waals surface area contributed by atoms with Crippen LogP contribution in [-0.2, 0) is 17.8 Å². The first-order chi connectivity index (χ1) is 17.1. The normalized spacial score (nSPS) is 12.2. The highest BCUT2D eigenvalue weighted by molar-refractivity contribution is 5.86. The average Bonchev–Trinajstić information content (AvgIpc) is 2.82. The third-order valence-electron chi connectivity index (χ3n) is 5.96. The van der Waals surface area contributed by atoms with Gasteiger partial charge in [-0.1, -0.05) is 18.2 Å². The van der Waals surface area contributed by atoms with Gasteiger partial charge in [-0.15, -0.1) is 0 Å². The number of benzene rings is 1. The number of hydrogen-bond donors (Lipinski definition) is 3. The lowest BCUT2D eigenvalue weighted by atomic mass is 9.96. The summed E-state index contributed by atoms with van der Waals surface area (Å²) in [7, 11) is 3.32. The van der Waals surface area contributed by atoms with Crippen LogP contribution in [0, 0.1) is 18.7 Å². The molecule has 0 saturated heterocycles. The third-order valence-corrected chi connectivity index (χ3v) is 5.96. The summed E-state index contributed by atoms with van der Waals surface area (Å²) in [6.07, 6.45) is -1.16. The molecule has 1 amide bonds. The number of nitrogens with one attached hydrogen (secondary N) is 2. The maximum atomic E-state index is 14.5. The van der Waals surface area contributed by atoms with Gasteiger partial charge in [0.05, 0.1) is 10.9 Å². The second kappa shape index (κ2) is 12.0. The monoisotopic (exact) mass is 505 g/mol. The van der Waals surface area contributed by atoms with Gasteiger partial charge in [0.25, 0.3) is 12.0 Å². The molecule has 0 fully saturated rings. The van der Waals surface area contributed by atoms with E-state index in [9.17, 15) is 27.9 Å². The Morgan fingerprint density at radius 2 is 1.94 bits per heavy atom. The second-order valence-electron chi connectivity index (χ2n) is 8.81. The number of alkyl halides is 2. The number of aliphatic hydroxyl groups excluding tert-OH is 1. The molecule has 0 saturated carbocycles. The summed E-state index contributed by atoms with van der Waals surface area (Å²) in [5.74, 6) is -0.697. The fourth-order valence-electron chi connectivity index (χ4n) is 4.10. The summed E-state index contributed by atoms with van der Waals surface area (Å²) in [5, 5.41) is 12.8. The predicted molar refractivity (Wildman–Crippen MR) is 130 cm³/mol. The molecule has 1 atom stereocenters. The number of carbonyl (C=O) groups excluding carboxylic acids is 1. The van der Waals surface area contributed by atoms with Gasteiger partial charge in [0.1, 0.15) is 23.1 Å². The second-order valence-corrected chi connectivity index (χ2v) is 8.81. The van der Waals surface area contributed by atoms with Gasteiger partial charge in [-0.2, -0.15) is 0 Å². The molecule has 1 aromatic carbocycles. The third kappa shape index (κ3) is 6.39. The van der Waals surface area contributed by atoms with Gasteiger partial charge in [-0.05, 0) is 38.7 Å². The number of aryl methyl sites for hydroxylation is 2. The molecule has 0 aliphatic carbocycles. The van der Waals surface area contributed by atoms with Crippen molar-refractivity contribution in [1.29, 1.82) is 0 Å². The molecule has 3 aromatic rings. The average molecular weight is 506 g/mol. The number of aliphatic hydroxyl groups is 1. The maximum absolute atomic E-state index is 14.5. The molecule has 2 heterocycles. The molecule has 2 aromatic heterocycles. The smallest absolute Gasteiger partial charge is 0.266 e. The summed E-state index contributed by atoms with van der Waals surface area (Å²) in [6, 6.07) is 5.47. The number of hydrogen-bond acceptors (Lipinski definition) is 6. The summed E-state index contributed by atoms with van der Waals surface area (Å²) < 4.78 is 40.5. The van der Waals surface area contributed by atoms with Crippen molar-refractivity contribution in [3.8, 4) is 0 Å². The van der Waals surface area contributed by atoms with E-state index in [-0.39, 0.29) is 36.1 Å². The molecule has 0 spiro atoms. The predicted octanol–water partition coefficient (Wildman–Crippen LogP) is 3.72. The van der Waals surface area contributed by atoms with Crippen LogP contribution >= 0.6 is 0 Å². The van der Waals surface area contributed by atoms with Gasteiger partial charge >= 0.3 is 0 Å². The van der Waals surface area contributed by atoms with Gasteiger partial charge in [0, 0.05) is 44.3 Å². The summed E-state index contributed by atoms with van der Waals surface area (Å²) in [6.45, 7) is 1.44. The lowest BCUT2D eigenvalue weighted by Gasteiger charge is -2.19. The highest BCUT2D eigenvalue weighted by Gasteiger charge is 2.20. The van der Waals surface area contributed by atoms with Crippen LogP contribution in [0.1, 0.15) is 48.2 Å². The van der Waals surface area contributed by atoms with Crippen LogP contribution in [0.5, 0.6) is 0 Å². The first-order valence-corrected chi connectivity index (χ1v) is 11.6. The van der Waals surface area contributed by atoms with Crippen molar-refractivity contribution in [2.75, 3.05) is 26.0 Å². The number of fused-ring (bicyclic) bond motifs is 1. The quantitative estimate of drug-likeness (QED) is 0.366. The lowest BCUT2D eigenvalue weighted by molar-refractivity contribution is -0.133. The minimum atomic E-state index is -2.93. The van der Waals surface area contributed by atoms with E-state index in [2.05, 4.69) is 20.3 Å². The molecule has 0 unspecified atom stereocenters. The van der Waals surface area contributed by atoms with E-state index >= 15 is 0 Å². The number of aromatic amines is 1. The van der Waals surface area contributed by atoms with Crippen molar-refractivity contribution in [2.24, 2.45) is 5.92 Å². The summed E-state index contributed by atoms with van der Waals surface area (Å²) in [4.78, 5) is 37.8. The van der Waals surface area contributed by atoms with Crippen LogP contribution in [0.25, 0.3) is 11.0 Å². The minimum absolute atomic E-state index is 0.0577. The molecular weight excluding hydrogens is 475 g/mol. The van der Waals surface area contributed by atoms with Gasteiger partial charge in [0.15, 0.2) is 0 Å². The SMILES string of the molecule is Cc1nc(NCc2cccc(C(F)F)c2F)c2cc(CCC[C@H](CCO)C(=O)N(C)C)c(=O)[nH]c2n1. The summed E-state index contributed by atoms with van der Waals surface area (Å²) >= 11 is 0.